The maximum atomic E-state index is 13.4. The molecule has 1 aromatic rings. The number of benzene rings is 1. The minimum absolute atomic E-state index is 0.0371. The molecular formula is C22H32N2O3. The highest BCUT2D eigenvalue weighted by atomic mass is 16.5. The smallest absolute Gasteiger partial charge is 0.240 e. The van der Waals surface area contributed by atoms with Gasteiger partial charge in [0.05, 0.1) is 19.3 Å². The molecule has 148 valence electrons. The van der Waals surface area contributed by atoms with Crippen LogP contribution in [0, 0.1) is 0 Å². The molecule has 1 aliphatic carbocycles. The molecule has 0 bridgehead atoms. The van der Waals surface area contributed by atoms with E-state index < -0.39 is 0 Å². The highest BCUT2D eigenvalue weighted by Gasteiger charge is 2.47. The zero-order chi connectivity index (χ0) is 18.5. The zero-order valence-electron chi connectivity index (χ0n) is 16.2. The van der Waals surface area contributed by atoms with Crippen molar-refractivity contribution in [3.05, 3.63) is 35.9 Å². The van der Waals surface area contributed by atoms with Crippen molar-refractivity contribution in [3.63, 3.8) is 0 Å². The van der Waals surface area contributed by atoms with Gasteiger partial charge >= 0.3 is 0 Å². The summed E-state index contributed by atoms with van der Waals surface area (Å²) in [5.41, 5.74) is 0.871. The van der Waals surface area contributed by atoms with Crippen molar-refractivity contribution in [1.82, 2.24) is 10.2 Å². The highest BCUT2D eigenvalue weighted by molar-refractivity contribution is 5.87. The van der Waals surface area contributed by atoms with Crippen LogP contribution in [0.25, 0.3) is 0 Å². The SMILES string of the molecule is O=C(N[C@@H]1CCOC[C@H]1OCc1ccccc1)C1(N2CCCC2)CCCC1. The molecule has 1 aromatic carbocycles. The first-order valence-electron chi connectivity index (χ1n) is 10.6. The van der Waals surface area contributed by atoms with E-state index >= 15 is 0 Å². The van der Waals surface area contributed by atoms with Gasteiger partial charge in [0.2, 0.25) is 5.91 Å². The Hall–Kier alpha value is -1.43. The summed E-state index contributed by atoms with van der Waals surface area (Å²) >= 11 is 0. The van der Waals surface area contributed by atoms with Gasteiger partial charge in [-0.25, -0.2) is 0 Å². The fourth-order valence-electron chi connectivity index (χ4n) is 4.91. The Morgan fingerprint density at radius 2 is 1.89 bits per heavy atom. The summed E-state index contributed by atoms with van der Waals surface area (Å²) in [5.74, 6) is 0.224. The van der Waals surface area contributed by atoms with Crippen LogP contribution in [-0.2, 0) is 20.9 Å². The number of carbonyl (C=O) groups is 1. The highest BCUT2D eigenvalue weighted by Crippen LogP contribution is 2.38. The predicted octanol–water partition coefficient (Wildman–Crippen LogP) is 2.89. The lowest BCUT2D eigenvalue weighted by molar-refractivity contribution is -0.138. The van der Waals surface area contributed by atoms with E-state index in [0.29, 0.717) is 19.8 Å². The molecule has 0 unspecified atom stereocenters. The first kappa shape index (κ1) is 18.9. The first-order chi connectivity index (χ1) is 13.3. The normalized spacial score (nSPS) is 28.3. The van der Waals surface area contributed by atoms with Gasteiger partial charge in [-0.15, -0.1) is 0 Å². The van der Waals surface area contributed by atoms with Gasteiger partial charge in [-0.3, -0.25) is 9.69 Å². The number of likely N-dealkylation sites (tertiary alicyclic amines) is 1. The molecule has 1 N–H and O–H groups in total. The quantitative estimate of drug-likeness (QED) is 0.834. The van der Waals surface area contributed by atoms with E-state index in [1.54, 1.807) is 0 Å². The van der Waals surface area contributed by atoms with Crippen molar-refractivity contribution in [1.29, 1.82) is 0 Å². The Morgan fingerprint density at radius 3 is 2.63 bits per heavy atom. The van der Waals surface area contributed by atoms with Crippen molar-refractivity contribution in [2.75, 3.05) is 26.3 Å². The Labute approximate surface area is 162 Å². The monoisotopic (exact) mass is 372 g/mol. The van der Waals surface area contributed by atoms with E-state index in [1.165, 1.54) is 12.8 Å². The van der Waals surface area contributed by atoms with Crippen LogP contribution in [0.3, 0.4) is 0 Å². The number of ether oxygens (including phenoxy) is 2. The molecular weight excluding hydrogens is 340 g/mol. The fourth-order valence-corrected chi connectivity index (χ4v) is 4.91. The molecule has 3 aliphatic rings. The summed E-state index contributed by atoms with van der Waals surface area (Å²) in [4.78, 5) is 15.8. The van der Waals surface area contributed by atoms with Gasteiger partial charge in [-0.05, 0) is 50.8 Å². The van der Waals surface area contributed by atoms with E-state index in [2.05, 4.69) is 22.3 Å². The second-order valence-electron chi connectivity index (χ2n) is 8.21. The van der Waals surface area contributed by atoms with Gasteiger partial charge in [-0.1, -0.05) is 43.2 Å². The number of nitrogens with zero attached hydrogens (tertiary/aromatic N) is 1. The topological polar surface area (TPSA) is 50.8 Å². The second-order valence-corrected chi connectivity index (χ2v) is 8.21. The number of amides is 1. The molecule has 0 radical (unpaired) electrons. The van der Waals surface area contributed by atoms with Crippen molar-refractivity contribution < 1.29 is 14.3 Å². The van der Waals surface area contributed by atoms with Crippen molar-refractivity contribution >= 4 is 5.91 Å². The number of nitrogens with one attached hydrogen (secondary N) is 1. The van der Waals surface area contributed by atoms with Crippen molar-refractivity contribution in [2.24, 2.45) is 0 Å². The van der Waals surface area contributed by atoms with Gasteiger partial charge in [0.25, 0.3) is 0 Å². The van der Waals surface area contributed by atoms with Crippen LogP contribution in [0.5, 0.6) is 0 Å². The molecule has 2 aliphatic heterocycles. The summed E-state index contributed by atoms with van der Waals surface area (Å²) in [7, 11) is 0. The number of carbonyl (C=O) groups excluding carboxylic acids is 1. The van der Waals surface area contributed by atoms with Crippen LogP contribution in [0.2, 0.25) is 0 Å². The molecule has 2 heterocycles. The lowest BCUT2D eigenvalue weighted by Crippen LogP contribution is -2.61. The Balaban J connectivity index is 1.40. The molecule has 0 aromatic heterocycles. The summed E-state index contributed by atoms with van der Waals surface area (Å²) in [6, 6.07) is 10.2. The molecule has 3 fully saturated rings. The average Bonchev–Trinajstić information content (AvgIpc) is 3.40. The summed E-state index contributed by atoms with van der Waals surface area (Å²) in [6.07, 6.45) is 7.48. The average molecular weight is 373 g/mol. The lowest BCUT2D eigenvalue weighted by Gasteiger charge is -2.40. The van der Waals surface area contributed by atoms with Crippen LogP contribution < -0.4 is 5.32 Å². The predicted molar refractivity (Wildman–Crippen MR) is 104 cm³/mol. The fraction of sp³-hybridized carbons (Fsp3) is 0.682. The second kappa shape index (κ2) is 8.72. The molecule has 1 amide bonds. The largest absolute Gasteiger partial charge is 0.379 e. The number of hydrogen-bond acceptors (Lipinski definition) is 4. The van der Waals surface area contributed by atoms with E-state index in [-0.39, 0.29) is 23.6 Å². The minimum Gasteiger partial charge on any atom is -0.379 e. The van der Waals surface area contributed by atoms with E-state index in [9.17, 15) is 4.79 Å². The molecule has 4 rings (SSSR count). The molecule has 27 heavy (non-hydrogen) atoms. The molecule has 5 heteroatoms. The summed E-state index contributed by atoms with van der Waals surface area (Å²) in [6.45, 7) is 3.92. The van der Waals surface area contributed by atoms with Gasteiger partial charge in [-0.2, -0.15) is 0 Å². The van der Waals surface area contributed by atoms with Crippen LogP contribution in [0.4, 0.5) is 0 Å². The third-order valence-electron chi connectivity index (χ3n) is 6.49. The summed E-state index contributed by atoms with van der Waals surface area (Å²) < 4.78 is 11.8. The van der Waals surface area contributed by atoms with Crippen molar-refractivity contribution in [2.45, 2.75) is 69.2 Å². The molecule has 1 saturated carbocycles. The molecule has 5 nitrogen and oxygen atoms in total. The Bertz CT molecular complexity index is 609. The number of rotatable bonds is 6. The maximum absolute atomic E-state index is 13.4. The van der Waals surface area contributed by atoms with Crippen LogP contribution >= 0.6 is 0 Å². The summed E-state index contributed by atoms with van der Waals surface area (Å²) in [5, 5.41) is 3.38. The molecule has 2 atom stereocenters. The maximum Gasteiger partial charge on any atom is 0.240 e. The third-order valence-corrected chi connectivity index (χ3v) is 6.49. The Kier molecular flexibility index (Phi) is 6.11. The van der Waals surface area contributed by atoms with E-state index in [4.69, 9.17) is 9.47 Å². The molecule has 0 spiro atoms. The van der Waals surface area contributed by atoms with Crippen LogP contribution in [0.15, 0.2) is 30.3 Å². The zero-order valence-corrected chi connectivity index (χ0v) is 16.2. The van der Waals surface area contributed by atoms with Gasteiger partial charge in [0, 0.05) is 6.61 Å². The Morgan fingerprint density at radius 1 is 1.15 bits per heavy atom. The standard InChI is InChI=1S/C22H32N2O3/c25-21(22(11-4-5-12-22)24-13-6-7-14-24)23-19-10-15-26-17-20(19)27-16-18-8-2-1-3-9-18/h1-3,8-9,19-20H,4-7,10-17H2,(H,23,25)/t19-,20-/m1/s1. The van der Waals surface area contributed by atoms with Gasteiger partial charge in [0.15, 0.2) is 0 Å². The lowest BCUT2D eigenvalue weighted by atomic mass is 9.92. The van der Waals surface area contributed by atoms with Crippen LogP contribution in [-0.4, -0.2) is 54.8 Å². The van der Waals surface area contributed by atoms with Crippen molar-refractivity contribution in [3.8, 4) is 0 Å². The van der Waals surface area contributed by atoms with Gasteiger partial charge < -0.3 is 14.8 Å². The molecule has 2 saturated heterocycles. The van der Waals surface area contributed by atoms with Gasteiger partial charge in [0.1, 0.15) is 11.6 Å². The minimum atomic E-state index is -0.279. The number of hydrogen-bond donors (Lipinski definition) is 1. The third kappa shape index (κ3) is 4.20. The van der Waals surface area contributed by atoms with E-state index in [0.717, 1.165) is 50.8 Å². The first-order valence-corrected chi connectivity index (χ1v) is 10.6. The van der Waals surface area contributed by atoms with Crippen LogP contribution in [0.1, 0.15) is 50.5 Å². The van der Waals surface area contributed by atoms with E-state index in [1.807, 2.05) is 18.2 Å².